The molecule has 0 saturated heterocycles. The van der Waals surface area contributed by atoms with Gasteiger partial charge in [-0.1, -0.05) is 33.6 Å². The van der Waals surface area contributed by atoms with Crippen LogP contribution in [0.1, 0.15) is 6.42 Å². The van der Waals surface area contributed by atoms with Gasteiger partial charge in [-0.3, -0.25) is 14.2 Å². The predicted molar refractivity (Wildman–Crippen MR) is 113 cm³/mol. The van der Waals surface area contributed by atoms with E-state index in [2.05, 4.69) is 20.9 Å². The lowest BCUT2D eigenvalue weighted by molar-refractivity contribution is -0.130. The average Bonchev–Trinajstić information content (AvgIpc) is 2.67. The van der Waals surface area contributed by atoms with E-state index < -0.39 is 0 Å². The molecule has 0 aliphatic carbocycles. The van der Waals surface area contributed by atoms with E-state index in [9.17, 15) is 9.59 Å². The van der Waals surface area contributed by atoms with E-state index in [0.29, 0.717) is 34.8 Å². The molecular weight excluding hydrogens is 446 g/mol. The number of halogens is 2. The fourth-order valence-corrected chi connectivity index (χ4v) is 3.22. The summed E-state index contributed by atoms with van der Waals surface area (Å²) in [5, 5.41) is 1.12. The Kier molecular flexibility index (Phi) is 6.70. The van der Waals surface area contributed by atoms with Gasteiger partial charge in [0.1, 0.15) is 12.4 Å². The molecule has 6 nitrogen and oxygen atoms in total. The summed E-state index contributed by atoms with van der Waals surface area (Å²) in [4.78, 5) is 30.8. The van der Waals surface area contributed by atoms with E-state index in [4.69, 9.17) is 16.3 Å². The Balaban J connectivity index is 1.54. The molecular formula is C20H19BrClN3O3. The van der Waals surface area contributed by atoms with Gasteiger partial charge in [0.05, 0.1) is 23.8 Å². The molecule has 0 aliphatic heterocycles. The third-order valence-electron chi connectivity index (χ3n) is 4.27. The third-order valence-corrected chi connectivity index (χ3v) is 5.00. The van der Waals surface area contributed by atoms with Crippen molar-refractivity contribution in [3.63, 3.8) is 0 Å². The van der Waals surface area contributed by atoms with Crippen LogP contribution in [0.2, 0.25) is 5.02 Å². The first-order valence-corrected chi connectivity index (χ1v) is 9.88. The molecule has 0 saturated carbocycles. The van der Waals surface area contributed by atoms with Crippen molar-refractivity contribution in [1.82, 2.24) is 14.5 Å². The van der Waals surface area contributed by atoms with Crippen LogP contribution in [0.4, 0.5) is 0 Å². The number of carbonyl (C=O) groups excluding carboxylic acids is 1. The zero-order valence-electron chi connectivity index (χ0n) is 15.3. The number of rotatable bonds is 7. The van der Waals surface area contributed by atoms with Crippen molar-refractivity contribution in [3.05, 3.63) is 68.6 Å². The van der Waals surface area contributed by atoms with Crippen LogP contribution in [-0.4, -0.2) is 40.6 Å². The number of hydrogen-bond donors (Lipinski definition) is 0. The number of aromatic nitrogens is 2. The van der Waals surface area contributed by atoms with Gasteiger partial charge in [0, 0.05) is 29.5 Å². The molecule has 0 bridgehead atoms. The van der Waals surface area contributed by atoms with Crippen molar-refractivity contribution >= 4 is 44.3 Å². The van der Waals surface area contributed by atoms with E-state index in [-0.39, 0.29) is 24.4 Å². The monoisotopic (exact) mass is 463 g/mol. The minimum atomic E-state index is -0.161. The lowest BCUT2D eigenvalue weighted by Crippen LogP contribution is -2.32. The number of aryl methyl sites for hydroxylation is 1. The lowest BCUT2D eigenvalue weighted by Gasteiger charge is -2.18. The highest BCUT2D eigenvalue weighted by Crippen LogP contribution is 2.17. The van der Waals surface area contributed by atoms with Crippen molar-refractivity contribution in [2.75, 3.05) is 20.2 Å². The molecule has 2 aromatic carbocycles. The van der Waals surface area contributed by atoms with E-state index >= 15 is 0 Å². The maximum Gasteiger partial charge on any atom is 0.261 e. The SMILES string of the molecule is CN(CCOc1cccc(Cl)c1)C(=O)CCn1cnc2ccc(Br)cc2c1=O. The zero-order chi connectivity index (χ0) is 20.1. The number of nitrogens with zero attached hydrogens (tertiary/aromatic N) is 3. The van der Waals surface area contributed by atoms with E-state index in [1.165, 1.54) is 10.9 Å². The second-order valence-electron chi connectivity index (χ2n) is 6.28. The van der Waals surface area contributed by atoms with Crippen molar-refractivity contribution < 1.29 is 9.53 Å². The zero-order valence-corrected chi connectivity index (χ0v) is 17.6. The van der Waals surface area contributed by atoms with Gasteiger partial charge in [-0.05, 0) is 36.4 Å². The molecule has 0 spiro atoms. The molecule has 3 rings (SSSR count). The van der Waals surface area contributed by atoms with Gasteiger partial charge in [0.2, 0.25) is 5.91 Å². The maximum absolute atomic E-state index is 12.6. The van der Waals surface area contributed by atoms with Crippen LogP contribution in [0, 0.1) is 0 Å². The van der Waals surface area contributed by atoms with Gasteiger partial charge in [-0.25, -0.2) is 4.98 Å². The molecule has 0 aliphatic rings. The summed E-state index contributed by atoms with van der Waals surface area (Å²) in [5.74, 6) is 0.587. The van der Waals surface area contributed by atoms with Crippen molar-refractivity contribution in [2.24, 2.45) is 0 Å². The lowest BCUT2D eigenvalue weighted by atomic mass is 10.2. The normalized spacial score (nSPS) is 10.8. The summed E-state index contributed by atoms with van der Waals surface area (Å²) in [6.07, 6.45) is 1.68. The minimum absolute atomic E-state index is 0.0732. The molecule has 0 atom stereocenters. The first kappa shape index (κ1) is 20.4. The predicted octanol–water partition coefficient (Wildman–Crippen LogP) is 3.74. The number of amides is 1. The standard InChI is InChI=1S/C20H19BrClN3O3/c1-24(9-10-28-16-4-2-3-15(22)12-16)19(26)7-8-25-13-23-18-6-5-14(21)11-17(18)20(25)27/h2-6,11-13H,7-10H2,1H3. The summed E-state index contributed by atoms with van der Waals surface area (Å²) >= 11 is 9.28. The molecule has 0 fully saturated rings. The van der Waals surface area contributed by atoms with E-state index in [1.807, 2.05) is 12.1 Å². The Bertz CT molecular complexity index is 1050. The van der Waals surface area contributed by atoms with Crippen LogP contribution in [-0.2, 0) is 11.3 Å². The number of benzene rings is 2. The number of likely N-dealkylation sites (N-methyl/N-ethyl adjacent to an activating group) is 1. The Hall–Kier alpha value is -2.38. The molecule has 1 heterocycles. The summed E-state index contributed by atoms with van der Waals surface area (Å²) in [6.45, 7) is 1.06. The smallest absolute Gasteiger partial charge is 0.261 e. The number of carbonyl (C=O) groups is 1. The van der Waals surface area contributed by atoms with Crippen LogP contribution < -0.4 is 10.3 Å². The van der Waals surface area contributed by atoms with Gasteiger partial charge in [-0.15, -0.1) is 0 Å². The molecule has 1 aromatic heterocycles. The van der Waals surface area contributed by atoms with Gasteiger partial charge in [0.25, 0.3) is 5.56 Å². The van der Waals surface area contributed by atoms with Gasteiger partial charge in [-0.2, -0.15) is 0 Å². The second kappa shape index (κ2) is 9.21. The van der Waals surface area contributed by atoms with Gasteiger partial charge < -0.3 is 9.64 Å². The quantitative estimate of drug-likeness (QED) is 0.534. The van der Waals surface area contributed by atoms with E-state index in [1.54, 1.807) is 42.3 Å². The molecule has 1 amide bonds. The van der Waals surface area contributed by atoms with Crippen LogP contribution in [0.15, 0.2) is 58.1 Å². The third kappa shape index (κ3) is 5.11. The van der Waals surface area contributed by atoms with Crippen LogP contribution in [0.25, 0.3) is 10.9 Å². The molecule has 8 heteroatoms. The molecule has 28 heavy (non-hydrogen) atoms. The summed E-state index contributed by atoms with van der Waals surface area (Å²) in [6, 6.07) is 12.5. The first-order valence-electron chi connectivity index (χ1n) is 8.71. The fourth-order valence-electron chi connectivity index (χ4n) is 2.68. The van der Waals surface area contributed by atoms with E-state index in [0.717, 1.165) is 4.47 Å². The highest BCUT2D eigenvalue weighted by Gasteiger charge is 2.11. The van der Waals surface area contributed by atoms with Crippen molar-refractivity contribution in [3.8, 4) is 5.75 Å². The summed E-state index contributed by atoms with van der Waals surface area (Å²) < 4.78 is 7.87. The van der Waals surface area contributed by atoms with Gasteiger partial charge in [0.15, 0.2) is 0 Å². The molecule has 0 N–H and O–H groups in total. The number of ether oxygens (including phenoxy) is 1. The first-order chi connectivity index (χ1) is 13.4. The highest BCUT2D eigenvalue weighted by atomic mass is 79.9. The number of fused-ring (bicyclic) bond motifs is 1. The Labute approximate surface area is 175 Å². The Morgan fingerprint density at radius 2 is 2.11 bits per heavy atom. The topological polar surface area (TPSA) is 64.4 Å². The second-order valence-corrected chi connectivity index (χ2v) is 7.63. The summed E-state index contributed by atoms with van der Waals surface area (Å²) in [5.41, 5.74) is 0.470. The average molecular weight is 465 g/mol. The minimum Gasteiger partial charge on any atom is -0.492 e. The number of hydrogen-bond acceptors (Lipinski definition) is 4. The van der Waals surface area contributed by atoms with Crippen LogP contribution in [0.5, 0.6) is 5.75 Å². The molecule has 146 valence electrons. The fraction of sp³-hybridized carbons (Fsp3) is 0.250. The summed E-state index contributed by atoms with van der Waals surface area (Å²) in [7, 11) is 1.71. The largest absolute Gasteiger partial charge is 0.492 e. The molecule has 3 aromatic rings. The molecule has 0 radical (unpaired) electrons. The van der Waals surface area contributed by atoms with Crippen molar-refractivity contribution in [1.29, 1.82) is 0 Å². The van der Waals surface area contributed by atoms with Crippen molar-refractivity contribution in [2.45, 2.75) is 13.0 Å². The van der Waals surface area contributed by atoms with Crippen LogP contribution >= 0.6 is 27.5 Å². The van der Waals surface area contributed by atoms with Crippen LogP contribution in [0.3, 0.4) is 0 Å². The Morgan fingerprint density at radius 3 is 2.89 bits per heavy atom. The Morgan fingerprint density at radius 1 is 1.29 bits per heavy atom. The maximum atomic E-state index is 12.6. The highest BCUT2D eigenvalue weighted by molar-refractivity contribution is 9.10. The molecule has 0 unspecified atom stereocenters. The van der Waals surface area contributed by atoms with Gasteiger partial charge >= 0.3 is 0 Å².